The van der Waals surface area contributed by atoms with Crippen LogP contribution in [0.15, 0.2) is 0 Å². The third-order valence-electron chi connectivity index (χ3n) is 3.00. The summed E-state index contributed by atoms with van der Waals surface area (Å²) < 4.78 is 10.8. The molecule has 2 fully saturated rings. The molecule has 2 aliphatic heterocycles. The van der Waals surface area contributed by atoms with Gasteiger partial charge < -0.3 is 19.3 Å². The summed E-state index contributed by atoms with van der Waals surface area (Å²) >= 11 is 0. The van der Waals surface area contributed by atoms with Crippen molar-refractivity contribution in [3.63, 3.8) is 0 Å². The SMILES string of the molecule is CC1CN(C(=O)N2CCOCC2)CCCO1. The van der Waals surface area contributed by atoms with Gasteiger partial charge in [-0.15, -0.1) is 0 Å². The minimum atomic E-state index is 0.139. The molecule has 0 spiro atoms. The smallest absolute Gasteiger partial charge is 0.320 e. The lowest BCUT2D eigenvalue weighted by molar-refractivity contribution is 0.0378. The lowest BCUT2D eigenvalue weighted by Crippen LogP contribution is -2.49. The number of urea groups is 1. The second-order valence-corrected chi connectivity index (χ2v) is 4.36. The van der Waals surface area contributed by atoms with Crippen LogP contribution in [0.1, 0.15) is 13.3 Å². The summed E-state index contributed by atoms with van der Waals surface area (Å²) in [6, 6.07) is 0.139. The van der Waals surface area contributed by atoms with Crippen molar-refractivity contribution in [2.24, 2.45) is 0 Å². The quantitative estimate of drug-likeness (QED) is 0.608. The van der Waals surface area contributed by atoms with Gasteiger partial charge in [-0.3, -0.25) is 0 Å². The standard InChI is InChI=1S/C11H20N2O3/c1-10-9-13(3-2-6-16-10)11(14)12-4-7-15-8-5-12/h10H,2-9H2,1H3. The Bertz CT molecular complexity index is 241. The minimum absolute atomic E-state index is 0.139. The number of carbonyl (C=O) groups excluding carboxylic acids is 1. The van der Waals surface area contributed by atoms with Crippen molar-refractivity contribution < 1.29 is 14.3 Å². The van der Waals surface area contributed by atoms with Crippen LogP contribution in [-0.4, -0.2) is 67.9 Å². The Morgan fingerprint density at radius 3 is 2.62 bits per heavy atom. The van der Waals surface area contributed by atoms with Gasteiger partial charge in [-0.1, -0.05) is 0 Å². The van der Waals surface area contributed by atoms with Gasteiger partial charge in [0.05, 0.1) is 19.3 Å². The maximum Gasteiger partial charge on any atom is 0.320 e. The molecular formula is C11H20N2O3. The maximum absolute atomic E-state index is 12.2. The van der Waals surface area contributed by atoms with E-state index in [0.717, 1.165) is 19.6 Å². The molecule has 0 aromatic heterocycles. The highest BCUT2D eigenvalue weighted by Crippen LogP contribution is 2.09. The molecule has 16 heavy (non-hydrogen) atoms. The Morgan fingerprint density at radius 1 is 1.12 bits per heavy atom. The Hall–Kier alpha value is -0.810. The maximum atomic E-state index is 12.2. The van der Waals surface area contributed by atoms with E-state index in [4.69, 9.17) is 9.47 Å². The van der Waals surface area contributed by atoms with Crippen LogP contribution >= 0.6 is 0 Å². The summed E-state index contributed by atoms with van der Waals surface area (Å²) in [5.74, 6) is 0. The van der Waals surface area contributed by atoms with Crippen LogP contribution in [0.2, 0.25) is 0 Å². The normalized spacial score (nSPS) is 27.7. The summed E-state index contributed by atoms with van der Waals surface area (Å²) in [5, 5.41) is 0. The van der Waals surface area contributed by atoms with E-state index in [1.54, 1.807) is 0 Å². The number of ether oxygens (including phenoxy) is 2. The predicted octanol–water partition coefficient (Wildman–Crippen LogP) is 0.549. The number of rotatable bonds is 0. The molecule has 0 radical (unpaired) electrons. The van der Waals surface area contributed by atoms with Crippen LogP contribution < -0.4 is 0 Å². The Balaban J connectivity index is 1.91. The first-order valence-electron chi connectivity index (χ1n) is 6.00. The zero-order chi connectivity index (χ0) is 11.4. The van der Waals surface area contributed by atoms with Crippen LogP contribution in [0.25, 0.3) is 0 Å². The zero-order valence-electron chi connectivity index (χ0n) is 9.85. The van der Waals surface area contributed by atoms with E-state index in [0.29, 0.717) is 32.8 Å². The van der Waals surface area contributed by atoms with Gasteiger partial charge in [0.25, 0.3) is 0 Å². The second kappa shape index (κ2) is 5.50. The van der Waals surface area contributed by atoms with Gasteiger partial charge >= 0.3 is 6.03 Å². The minimum Gasteiger partial charge on any atom is -0.378 e. The zero-order valence-corrected chi connectivity index (χ0v) is 9.85. The molecule has 1 unspecified atom stereocenters. The third kappa shape index (κ3) is 2.86. The fourth-order valence-electron chi connectivity index (χ4n) is 2.12. The van der Waals surface area contributed by atoms with Crippen molar-refractivity contribution in [3.8, 4) is 0 Å². The fraction of sp³-hybridized carbons (Fsp3) is 0.909. The molecule has 0 bridgehead atoms. The van der Waals surface area contributed by atoms with Crippen molar-refractivity contribution in [2.45, 2.75) is 19.4 Å². The molecule has 2 saturated heterocycles. The van der Waals surface area contributed by atoms with Crippen LogP contribution in [0, 0.1) is 0 Å². The Morgan fingerprint density at radius 2 is 1.88 bits per heavy atom. The van der Waals surface area contributed by atoms with E-state index in [-0.39, 0.29) is 12.1 Å². The van der Waals surface area contributed by atoms with Crippen molar-refractivity contribution in [3.05, 3.63) is 0 Å². The first kappa shape index (κ1) is 11.7. The highest BCUT2D eigenvalue weighted by molar-refractivity contribution is 5.74. The van der Waals surface area contributed by atoms with Crippen molar-refractivity contribution in [2.75, 3.05) is 46.0 Å². The van der Waals surface area contributed by atoms with E-state index < -0.39 is 0 Å². The van der Waals surface area contributed by atoms with E-state index in [1.807, 2.05) is 16.7 Å². The van der Waals surface area contributed by atoms with E-state index in [2.05, 4.69) is 0 Å². The molecule has 0 saturated carbocycles. The topological polar surface area (TPSA) is 42.0 Å². The van der Waals surface area contributed by atoms with Crippen LogP contribution in [0.4, 0.5) is 4.79 Å². The monoisotopic (exact) mass is 228 g/mol. The van der Waals surface area contributed by atoms with Gasteiger partial charge in [0, 0.05) is 32.8 Å². The van der Waals surface area contributed by atoms with Crippen molar-refractivity contribution in [1.29, 1.82) is 0 Å². The first-order valence-corrected chi connectivity index (χ1v) is 6.00. The van der Waals surface area contributed by atoms with Crippen LogP contribution in [-0.2, 0) is 9.47 Å². The summed E-state index contributed by atoms with van der Waals surface area (Å²) in [5.41, 5.74) is 0. The number of nitrogens with zero attached hydrogens (tertiary/aromatic N) is 2. The number of hydrogen-bond donors (Lipinski definition) is 0. The predicted molar refractivity (Wildman–Crippen MR) is 59.4 cm³/mol. The highest BCUT2D eigenvalue weighted by Gasteiger charge is 2.25. The lowest BCUT2D eigenvalue weighted by atomic mass is 10.3. The average molecular weight is 228 g/mol. The van der Waals surface area contributed by atoms with Crippen LogP contribution in [0.5, 0.6) is 0 Å². The summed E-state index contributed by atoms with van der Waals surface area (Å²) in [7, 11) is 0. The van der Waals surface area contributed by atoms with Gasteiger partial charge in [-0.25, -0.2) is 4.79 Å². The number of carbonyl (C=O) groups is 1. The molecule has 0 aromatic rings. The molecular weight excluding hydrogens is 208 g/mol. The molecule has 2 heterocycles. The highest BCUT2D eigenvalue weighted by atomic mass is 16.5. The molecule has 2 amide bonds. The van der Waals surface area contributed by atoms with Crippen molar-refractivity contribution >= 4 is 6.03 Å². The molecule has 2 aliphatic rings. The fourth-order valence-corrected chi connectivity index (χ4v) is 2.12. The average Bonchev–Trinajstić information content (AvgIpc) is 2.54. The first-order chi connectivity index (χ1) is 7.77. The van der Waals surface area contributed by atoms with Crippen molar-refractivity contribution in [1.82, 2.24) is 9.80 Å². The summed E-state index contributed by atoms with van der Waals surface area (Å²) in [6.07, 6.45) is 1.08. The van der Waals surface area contributed by atoms with Gasteiger partial charge in [0.2, 0.25) is 0 Å². The molecule has 1 atom stereocenters. The van der Waals surface area contributed by atoms with Gasteiger partial charge in [0.1, 0.15) is 0 Å². The number of morpholine rings is 1. The molecule has 5 heteroatoms. The lowest BCUT2D eigenvalue weighted by Gasteiger charge is -2.32. The Kier molecular flexibility index (Phi) is 4.01. The number of hydrogen-bond acceptors (Lipinski definition) is 3. The number of amides is 2. The van der Waals surface area contributed by atoms with E-state index >= 15 is 0 Å². The summed E-state index contributed by atoms with van der Waals surface area (Å²) in [4.78, 5) is 16.0. The molecule has 2 rings (SSSR count). The molecule has 0 N–H and O–H groups in total. The van der Waals surface area contributed by atoms with Gasteiger partial charge in [-0.05, 0) is 13.3 Å². The summed E-state index contributed by atoms with van der Waals surface area (Å²) in [6.45, 7) is 7.03. The molecule has 5 nitrogen and oxygen atoms in total. The third-order valence-corrected chi connectivity index (χ3v) is 3.00. The van der Waals surface area contributed by atoms with Gasteiger partial charge in [-0.2, -0.15) is 0 Å². The molecule has 0 aliphatic carbocycles. The van der Waals surface area contributed by atoms with E-state index in [9.17, 15) is 4.79 Å². The largest absolute Gasteiger partial charge is 0.378 e. The second-order valence-electron chi connectivity index (χ2n) is 4.36. The van der Waals surface area contributed by atoms with E-state index in [1.165, 1.54) is 0 Å². The van der Waals surface area contributed by atoms with Crippen LogP contribution in [0.3, 0.4) is 0 Å². The molecule has 0 aromatic carbocycles. The Labute approximate surface area is 96.3 Å². The molecule has 92 valence electrons. The van der Waals surface area contributed by atoms with Gasteiger partial charge in [0.15, 0.2) is 0 Å².